The van der Waals surface area contributed by atoms with E-state index >= 15 is 0 Å². The quantitative estimate of drug-likeness (QED) is 0.539. The Balaban J connectivity index is 1.77. The van der Waals surface area contributed by atoms with E-state index in [2.05, 4.69) is 24.9 Å². The van der Waals surface area contributed by atoms with Gasteiger partial charge in [-0.3, -0.25) is 9.82 Å². The zero-order chi connectivity index (χ0) is 15.2. The van der Waals surface area contributed by atoms with E-state index in [4.69, 9.17) is 0 Å². The number of sulfonamides is 1. The lowest BCUT2D eigenvalue weighted by Gasteiger charge is -2.07. The van der Waals surface area contributed by atoms with Crippen molar-refractivity contribution >= 4 is 37.6 Å². The van der Waals surface area contributed by atoms with Gasteiger partial charge in [0, 0.05) is 23.2 Å². The van der Waals surface area contributed by atoms with E-state index in [0.29, 0.717) is 16.7 Å². The molecule has 7 nitrogen and oxygen atoms in total. The van der Waals surface area contributed by atoms with Gasteiger partial charge < -0.3 is 4.98 Å². The fourth-order valence-corrected chi connectivity index (χ4v) is 3.58. The zero-order valence-corrected chi connectivity index (χ0v) is 12.1. The number of nitrogens with one attached hydrogen (secondary N) is 3. The summed E-state index contributed by atoms with van der Waals surface area (Å²) in [5.41, 5.74) is 1.77. The predicted molar refractivity (Wildman–Crippen MR) is 83.0 cm³/mol. The van der Waals surface area contributed by atoms with Crippen LogP contribution in [0, 0.1) is 0 Å². The largest absolute Gasteiger partial charge is 0.345 e. The molecule has 8 heteroatoms. The lowest BCUT2D eigenvalue weighted by Crippen LogP contribution is -2.12. The number of benzene rings is 1. The maximum atomic E-state index is 12.6. The Morgan fingerprint density at radius 2 is 2.09 bits per heavy atom. The Kier molecular flexibility index (Phi) is 2.67. The third-order valence-electron chi connectivity index (χ3n) is 3.40. The number of fused-ring (bicyclic) bond motifs is 2. The first-order valence-electron chi connectivity index (χ1n) is 6.51. The van der Waals surface area contributed by atoms with Crippen LogP contribution in [0.3, 0.4) is 0 Å². The van der Waals surface area contributed by atoms with Crippen LogP contribution < -0.4 is 4.72 Å². The molecule has 0 radical (unpaired) electrons. The molecule has 3 N–H and O–H groups in total. The van der Waals surface area contributed by atoms with Crippen LogP contribution in [0.15, 0.2) is 53.8 Å². The molecule has 0 fully saturated rings. The first-order chi connectivity index (χ1) is 10.6. The Morgan fingerprint density at radius 1 is 1.18 bits per heavy atom. The van der Waals surface area contributed by atoms with E-state index < -0.39 is 10.0 Å². The van der Waals surface area contributed by atoms with Gasteiger partial charge in [-0.1, -0.05) is 0 Å². The van der Waals surface area contributed by atoms with Crippen molar-refractivity contribution in [2.75, 3.05) is 4.72 Å². The van der Waals surface area contributed by atoms with Crippen LogP contribution >= 0.6 is 0 Å². The molecule has 0 spiro atoms. The Labute approximate surface area is 125 Å². The van der Waals surface area contributed by atoms with Crippen molar-refractivity contribution in [3.8, 4) is 0 Å². The summed E-state index contributed by atoms with van der Waals surface area (Å²) in [6.07, 6.45) is 4.72. The monoisotopic (exact) mass is 313 g/mol. The topological polar surface area (TPSA) is 104 Å². The molecule has 0 amide bonds. The number of pyridine rings is 1. The third kappa shape index (κ3) is 2.01. The summed E-state index contributed by atoms with van der Waals surface area (Å²) in [5.74, 6) is 0. The lowest BCUT2D eigenvalue weighted by molar-refractivity contribution is 0.602. The van der Waals surface area contributed by atoms with Crippen molar-refractivity contribution in [3.63, 3.8) is 0 Å². The standard InChI is InChI=1S/C14H11N5O2S/c20-22(21,13-8-16-14-11(13)2-1-5-15-14)19-10-4-3-9-7-17-18-12(9)6-10/h1-8,19H,(H,15,16)(H,17,18). The maximum absolute atomic E-state index is 12.6. The molecule has 110 valence electrons. The summed E-state index contributed by atoms with van der Waals surface area (Å²) >= 11 is 0. The van der Waals surface area contributed by atoms with Gasteiger partial charge >= 0.3 is 0 Å². The molecule has 0 aliphatic rings. The number of anilines is 1. The van der Waals surface area contributed by atoms with E-state index in [-0.39, 0.29) is 4.90 Å². The number of hydrogen-bond donors (Lipinski definition) is 3. The van der Waals surface area contributed by atoms with Crippen LogP contribution in [0.2, 0.25) is 0 Å². The third-order valence-corrected chi connectivity index (χ3v) is 4.82. The zero-order valence-electron chi connectivity index (χ0n) is 11.2. The summed E-state index contributed by atoms with van der Waals surface area (Å²) < 4.78 is 27.7. The van der Waals surface area contributed by atoms with Gasteiger partial charge in [-0.25, -0.2) is 13.4 Å². The number of nitrogens with zero attached hydrogens (tertiary/aromatic N) is 2. The lowest BCUT2D eigenvalue weighted by atomic mass is 10.2. The summed E-state index contributed by atoms with van der Waals surface area (Å²) in [4.78, 5) is 7.12. The van der Waals surface area contributed by atoms with Crippen LogP contribution in [0.5, 0.6) is 0 Å². The van der Waals surface area contributed by atoms with Crippen molar-refractivity contribution in [2.45, 2.75) is 4.90 Å². The average Bonchev–Trinajstić information content (AvgIpc) is 3.13. The number of aromatic amines is 2. The normalized spacial score (nSPS) is 12.0. The van der Waals surface area contributed by atoms with E-state index in [1.165, 1.54) is 6.20 Å². The minimum atomic E-state index is -3.70. The molecule has 0 atom stereocenters. The number of hydrogen-bond acceptors (Lipinski definition) is 4. The van der Waals surface area contributed by atoms with Gasteiger partial charge in [-0.15, -0.1) is 0 Å². The van der Waals surface area contributed by atoms with Crippen molar-refractivity contribution < 1.29 is 8.42 Å². The highest BCUT2D eigenvalue weighted by atomic mass is 32.2. The first-order valence-corrected chi connectivity index (χ1v) is 8.00. The molecular formula is C14H11N5O2S. The predicted octanol–water partition coefficient (Wildman–Crippen LogP) is 2.24. The van der Waals surface area contributed by atoms with Crippen molar-refractivity contribution in [2.24, 2.45) is 0 Å². The first kappa shape index (κ1) is 12.8. The molecule has 0 unspecified atom stereocenters. The Bertz CT molecular complexity index is 1080. The summed E-state index contributed by atoms with van der Waals surface area (Å²) in [6.45, 7) is 0. The van der Waals surface area contributed by atoms with Crippen LogP contribution in [0.1, 0.15) is 0 Å². The van der Waals surface area contributed by atoms with Crippen LogP contribution in [0.25, 0.3) is 21.9 Å². The average molecular weight is 313 g/mol. The highest BCUT2D eigenvalue weighted by molar-refractivity contribution is 7.93. The van der Waals surface area contributed by atoms with E-state index in [1.807, 2.05) is 0 Å². The summed E-state index contributed by atoms with van der Waals surface area (Å²) in [5, 5.41) is 8.19. The molecule has 4 aromatic rings. The molecule has 1 aromatic carbocycles. The van der Waals surface area contributed by atoms with Crippen molar-refractivity contribution in [3.05, 3.63) is 48.9 Å². The maximum Gasteiger partial charge on any atom is 0.264 e. The molecule has 0 aliphatic carbocycles. The highest BCUT2D eigenvalue weighted by Gasteiger charge is 2.19. The smallest absolute Gasteiger partial charge is 0.264 e. The van der Waals surface area contributed by atoms with Crippen LogP contribution in [-0.4, -0.2) is 28.6 Å². The molecule has 3 heterocycles. The van der Waals surface area contributed by atoms with Gasteiger partial charge in [0.1, 0.15) is 10.5 Å². The molecule has 0 bridgehead atoms. The van der Waals surface area contributed by atoms with Crippen LogP contribution in [0.4, 0.5) is 5.69 Å². The molecule has 0 saturated carbocycles. The van der Waals surface area contributed by atoms with E-state index in [0.717, 1.165) is 10.9 Å². The molecular weight excluding hydrogens is 302 g/mol. The molecule has 0 saturated heterocycles. The second-order valence-corrected chi connectivity index (χ2v) is 6.48. The number of rotatable bonds is 3. The summed E-state index contributed by atoms with van der Waals surface area (Å²) in [7, 11) is -3.70. The molecule has 22 heavy (non-hydrogen) atoms. The molecule has 3 aromatic heterocycles. The second kappa shape index (κ2) is 4.57. The van der Waals surface area contributed by atoms with Gasteiger partial charge in [0.25, 0.3) is 10.0 Å². The molecule has 4 rings (SSSR count). The van der Waals surface area contributed by atoms with Gasteiger partial charge in [0.15, 0.2) is 0 Å². The van der Waals surface area contributed by atoms with Gasteiger partial charge in [0.2, 0.25) is 0 Å². The van der Waals surface area contributed by atoms with Crippen molar-refractivity contribution in [1.29, 1.82) is 0 Å². The van der Waals surface area contributed by atoms with E-state index in [9.17, 15) is 8.42 Å². The minimum absolute atomic E-state index is 0.167. The molecule has 0 aliphatic heterocycles. The Morgan fingerprint density at radius 3 is 3.00 bits per heavy atom. The SMILES string of the molecule is O=S(=O)(Nc1ccc2cn[nH]c2c1)c1c[nH]c2ncccc12. The van der Waals surface area contributed by atoms with E-state index in [1.54, 1.807) is 42.7 Å². The fourth-order valence-electron chi connectivity index (χ4n) is 2.36. The minimum Gasteiger partial charge on any atom is -0.345 e. The van der Waals surface area contributed by atoms with Crippen molar-refractivity contribution in [1.82, 2.24) is 20.2 Å². The number of H-pyrrole nitrogens is 2. The van der Waals surface area contributed by atoms with Crippen LogP contribution in [-0.2, 0) is 10.0 Å². The van der Waals surface area contributed by atoms with Gasteiger partial charge in [-0.2, -0.15) is 5.10 Å². The Hall–Kier alpha value is -2.87. The highest BCUT2D eigenvalue weighted by Crippen LogP contribution is 2.24. The fraction of sp³-hybridized carbons (Fsp3) is 0. The van der Waals surface area contributed by atoms with Gasteiger partial charge in [-0.05, 0) is 30.3 Å². The summed E-state index contributed by atoms with van der Waals surface area (Å²) in [6, 6.07) is 8.61. The van der Waals surface area contributed by atoms with Gasteiger partial charge in [0.05, 0.1) is 17.4 Å². The number of aromatic nitrogens is 4. The second-order valence-electron chi connectivity index (χ2n) is 4.83.